The maximum atomic E-state index is 12.2. The van der Waals surface area contributed by atoms with Crippen LogP contribution in [0.2, 0.25) is 0 Å². The van der Waals surface area contributed by atoms with Gasteiger partial charge >= 0.3 is 6.03 Å². The highest BCUT2D eigenvalue weighted by atomic mass is 16.2. The maximum absolute atomic E-state index is 12.2. The van der Waals surface area contributed by atoms with Crippen molar-refractivity contribution in [2.75, 3.05) is 5.32 Å². The number of hydrogen-bond acceptors (Lipinski definition) is 3. The van der Waals surface area contributed by atoms with E-state index < -0.39 is 0 Å². The van der Waals surface area contributed by atoms with Gasteiger partial charge in [-0.2, -0.15) is 0 Å². The molecule has 2 N–H and O–H groups in total. The third-order valence-electron chi connectivity index (χ3n) is 5.22. The van der Waals surface area contributed by atoms with Gasteiger partial charge in [0.15, 0.2) is 5.82 Å². The van der Waals surface area contributed by atoms with Crippen LogP contribution in [0.4, 0.5) is 10.6 Å². The van der Waals surface area contributed by atoms with Gasteiger partial charge in [-0.25, -0.2) is 9.78 Å². The zero-order chi connectivity index (χ0) is 13.6. The van der Waals surface area contributed by atoms with Gasteiger partial charge in [0, 0.05) is 17.9 Å². The number of nitrogens with one attached hydrogen (secondary N) is 2. The first-order valence-electron chi connectivity index (χ1n) is 7.56. The second-order valence-corrected chi connectivity index (χ2v) is 6.87. The van der Waals surface area contributed by atoms with Crippen molar-refractivity contribution in [1.29, 1.82) is 0 Å². The van der Waals surface area contributed by atoms with Crippen molar-refractivity contribution in [3.8, 4) is 0 Å². The van der Waals surface area contributed by atoms with E-state index in [4.69, 9.17) is 0 Å². The van der Waals surface area contributed by atoms with Gasteiger partial charge in [-0.05, 0) is 56.3 Å². The fourth-order valence-corrected chi connectivity index (χ4v) is 5.02. The molecule has 0 spiro atoms. The number of amides is 2. The lowest BCUT2D eigenvalue weighted by molar-refractivity contribution is -0.0127. The molecule has 20 heavy (non-hydrogen) atoms. The molecule has 2 amide bonds. The molecule has 4 saturated carbocycles. The lowest BCUT2D eigenvalue weighted by Gasteiger charge is -2.56. The molecular weight excluding hydrogens is 252 g/mol. The molecule has 4 aliphatic carbocycles. The molecule has 1 heterocycles. The second kappa shape index (κ2) is 4.43. The average Bonchev–Trinajstić information content (AvgIpc) is 2.37. The Morgan fingerprint density at radius 2 is 1.75 bits per heavy atom. The summed E-state index contributed by atoms with van der Waals surface area (Å²) < 4.78 is 0. The highest BCUT2D eigenvalue weighted by Crippen LogP contribution is 2.55. The number of rotatable bonds is 2. The van der Waals surface area contributed by atoms with Crippen molar-refractivity contribution < 1.29 is 4.79 Å². The van der Waals surface area contributed by atoms with E-state index in [1.54, 1.807) is 18.6 Å². The Kier molecular flexibility index (Phi) is 2.69. The summed E-state index contributed by atoms with van der Waals surface area (Å²) in [5, 5.41) is 6.05. The molecule has 4 bridgehead atoms. The van der Waals surface area contributed by atoms with Gasteiger partial charge in [-0.15, -0.1) is 0 Å². The molecule has 106 valence electrons. The summed E-state index contributed by atoms with van der Waals surface area (Å²) in [6.45, 7) is 0. The van der Waals surface area contributed by atoms with Crippen molar-refractivity contribution in [3.05, 3.63) is 18.6 Å². The van der Waals surface area contributed by atoms with Gasteiger partial charge in [0.2, 0.25) is 0 Å². The van der Waals surface area contributed by atoms with Crippen LogP contribution in [0.1, 0.15) is 38.5 Å². The summed E-state index contributed by atoms with van der Waals surface area (Å²) in [7, 11) is 0. The minimum atomic E-state index is -0.132. The molecule has 5 rings (SSSR count). The molecule has 5 heteroatoms. The Hall–Kier alpha value is -1.65. The molecule has 4 aliphatic rings. The standard InChI is InChI=1S/C15H20N4O/c20-14(18-13-9-16-1-2-17-13)19-15-6-10-3-11(7-15)5-12(4-10)8-15/h1-2,9-12H,3-8H2,(H2,17,18,19,20). The molecule has 0 aliphatic heterocycles. The monoisotopic (exact) mass is 272 g/mol. The van der Waals surface area contributed by atoms with Crippen molar-refractivity contribution in [3.63, 3.8) is 0 Å². The molecule has 0 radical (unpaired) electrons. The van der Waals surface area contributed by atoms with Crippen molar-refractivity contribution >= 4 is 11.8 Å². The Morgan fingerprint density at radius 3 is 2.30 bits per heavy atom. The summed E-state index contributed by atoms with van der Waals surface area (Å²) in [5.41, 5.74) is 0.0427. The van der Waals surface area contributed by atoms with E-state index in [0.29, 0.717) is 5.82 Å². The first-order valence-corrected chi connectivity index (χ1v) is 7.56. The third kappa shape index (κ3) is 2.15. The SMILES string of the molecule is O=C(Nc1cnccn1)NC12CC3CC(CC(C3)C1)C2. The lowest BCUT2D eigenvalue weighted by atomic mass is 9.53. The van der Waals surface area contributed by atoms with E-state index in [-0.39, 0.29) is 11.6 Å². The Morgan fingerprint density at radius 1 is 1.10 bits per heavy atom. The number of urea groups is 1. The zero-order valence-corrected chi connectivity index (χ0v) is 11.5. The third-order valence-corrected chi connectivity index (χ3v) is 5.22. The van der Waals surface area contributed by atoms with Gasteiger partial charge in [-0.3, -0.25) is 10.3 Å². The van der Waals surface area contributed by atoms with Gasteiger partial charge in [0.1, 0.15) is 0 Å². The van der Waals surface area contributed by atoms with E-state index >= 15 is 0 Å². The first kappa shape index (κ1) is 12.1. The van der Waals surface area contributed by atoms with Crippen LogP contribution in [0, 0.1) is 17.8 Å². The fraction of sp³-hybridized carbons (Fsp3) is 0.667. The Labute approximate surface area is 118 Å². The highest BCUT2D eigenvalue weighted by molar-refractivity contribution is 5.88. The van der Waals surface area contributed by atoms with E-state index in [2.05, 4.69) is 20.6 Å². The summed E-state index contributed by atoms with van der Waals surface area (Å²) in [6, 6.07) is -0.132. The first-order chi connectivity index (χ1) is 9.71. The van der Waals surface area contributed by atoms with Gasteiger partial charge < -0.3 is 5.32 Å². The number of hydrogen-bond donors (Lipinski definition) is 2. The normalized spacial score (nSPS) is 37.7. The number of carbonyl (C=O) groups excluding carboxylic acids is 1. The molecule has 1 aromatic rings. The molecule has 0 unspecified atom stereocenters. The minimum Gasteiger partial charge on any atom is -0.332 e. The van der Waals surface area contributed by atoms with E-state index in [9.17, 15) is 4.79 Å². The summed E-state index contributed by atoms with van der Waals surface area (Å²) >= 11 is 0. The Bertz CT molecular complexity index is 481. The van der Waals surface area contributed by atoms with Crippen LogP contribution in [0.25, 0.3) is 0 Å². The van der Waals surface area contributed by atoms with Crippen LogP contribution in [-0.2, 0) is 0 Å². The van der Waals surface area contributed by atoms with Crippen molar-refractivity contribution in [2.24, 2.45) is 17.8 Å². The van der Waals surface area contributed by atoms with Gasteiger partial charge in [0.25, 0.3) is 0 Å². The number of nitrogens with zero attached hydrogens (tertiary/aromatic N) is 2. The van der Waals surface area contributed by atoms with Crippen LogP contribution in [-0.4, -0.2) is 21.5 Å². The molecule has 5 nitrogen and oxygen atoms in total. The van der Waals surface area contributed by atoms with Gasteiger partial charge in [-0.1, -0.05) is 0 Å². The van der Waals surface area contributed by atoms with Crippen LogP contribution in [0.3, 0.4) is 0 Å². The lowest BCUT2D eigenvalue weighted by Crippen LogP contribution is -2.60. The van der Waals surface area contributed by atoms with Crippen LogP contribution in [0.15, 0.2) is 18.6 Å². The molecule has 0 aromatic carbocycles. The van der Waals surface area contributed by atoms with Gasteiger partial charge in [0.05, 0.1) is 6.20 Å². The largest absolute Gasteiger partial charge is 0.332 e. The summed E-state index contributed by atoms with van der Waals surface area (Å²) in [4.78, 5) is 20.2. The molecule has 4 fully saturated rings. The zero-order valence-electron chi connectivity index (χ0n) is 11.5. The van der Waals surface area contributed by atoms with E-state index in [0.717, 1.165) is 37.0 Å². The summed E-state index contributed by atoms with van der Waals surface area (Å²) in [5.74, 6) is 3.00. The maximum Gasteiger partial charge on any atom is 0.320 e. The number of carbonyl (C=O) groups is 1. The van der Waals surface area contributed by atoms with Crippen LogP contribution < -0.4 is 10.6 Å². The number of aromatic nitrogens is 2. The summed E-state index contributed by atoms with van der Waals surface area (Å²) in [6.07, 6.45) is 12.4. The van der Waals surface area contributed by atoms with Crippen LogP contribution in [0.5, 0.6) is 0 Å². The quantitative estimate of drug-likeness (QED) is 0.869. The predicted octanol–water partition coefficient (Wildman–Crippen LogP) is 2.57. The molecule has 0 atom stereocenters. The minimum absolute atomic E-state index is 0.0427. The highest BCUT2D eigenvalue weighted by Gasteiger charge is 2.51. The van der Waals surface area contributed by atoms with Crippen molar-refractivity contribution in [2.45, 2.75) is 44.1 Å². The van der Waals surface area contributed by atoms with Crippen LogP contribution >= 0.6 is 0 Å². The molecule has 0 saturated heterocycles. The molecule has 1 aromatic heterocycles. The predicted molar refractivity (Wildman–Crippen MR) is 75.1 cm³/mol. The van der Waals surface area contributed by atoms with E-state index in [1.165, 1.54) is 19.3 Å². The smallest absolute Gasteiger partial charge is 0.320 e. The topological polar surface area (TPSA) is 66.9 Å². The number of anilines is 1. The van der Waals surface area contributed by atoms with Crippen molar-refractivity contribution in [1.82, 2.24) is 15.3 Å². The second-order valence-electron chi connectivity index (χ2n) is 6.87. The Balaban J connectivity index is 1.45. The van der Waals surface area contributed by atoms with E-state index in [1.807, 2.05) is 0 Å². The average molecular weight is 272 g/mol. The molecular formula is C15H20N4O. The fourth-order valence-electron chi connectivity index (χ4n) is 5.02.